The van der Waals surface area contributed by atoms with Gasteiger partial charge in [-0.3, -0.25) is 0 Å². The third kappa shape index (κ3) is 1.69. The molecule has 0 saturated heterocycles. The third-order valence-corrected chi connectivity index (χ3v) is 3.00. The van der Waals surface area contributed by atoms with E-state index in [9.17, 15) is 4.57 Å². The Hall–Kier alpha value is -0.820. The minimum atomic E-state index is -0.335. The van der Waals surface area contributed by atoms with Gasteiger partial charge in [0.1, 0.15) is 0 Å². The molecule has 0 N–H and O–H groups in total. The van der Waals surface area contributed by atoms with E-state index in [1.54, 1.807) is 0 Å². The van der Waals surface area contributed by atoms with Crippen LogP contribution in [-0.2, 0) is 13.8 Å². The fourth-order valence-corrected chi connectivity index (χ4v) is 2.43. The van der Waals surface area contributed by atoms with Crippen LogP contribution in [-0.4, -0.2) is 6.61 Å². The third-order valence-electron chi connectivity index (χ3n) is 2.76. The number of rotatable bonds is 4. The van der Waals surface area contributed by atoms with Gasteiger partial charge >= 0.3 is 8.69 Å². The van der Waals surface area contributed by atoms with Crippen molar-refractivity contribution >= 4 is 8.69 Å². The van der Waals surface area contributed by atoms with Crippen LogP contribution in [0, 0.1) is 11.8 Å². The highest BCUT2D eigenvalue weighted by Gasteiger charge is 2.34. The molecule has 2 rings (SSSR count). The molecule has 0 aromatic rings. The predicted octanol–water partition coefficient (Wildman–Crippen LogP) is 3.05. The molecule has 2 aliphatic rings. The highest BCUT2D eigenvalue weighted by Crippen LogP contribution is 2.45. The maximum atomic E-state index is 10.4. The van der Waals surface area contributed by atoms with Gasteiger partial charge in [0.05, 0.1) is 6.61 Å². The molecule has 1 saturated carbocycles. The minimum absolute atomic E-state index is 0.335. The Morgan fingerprint density at radius 3 is 3.00 bits per heavy atom. The van der Waals surface area contributed by atoms with Crippen LogP contribution in [0.25, 0.3) is 0 Å². The van der Waals surface area contributed by atoms with Crippen LogP contribution in [0.3, 0.4) is 0 Å². The molecule has 2 unspecified atom stereocenters. The molecule has 0 heterocycles. The molecule has 0 aromatic carbocycles. The van der Waals surface area contributed by atoms with Crippen molar-refractivity contribution in [3.8, 4) is 0 Å². The maximum Gasteiger partial charge on any atom is 0.398 e. The summed E-state index contributed by atoms with van der Waals surface area (Å²) in [5, 5.41) is 0. The number of ether oxygens (including phenoxy) is 1. The zero-order valence-electron chi connectivity index (χ0n) is 8.10. The maximum absolute atomic E-state index is 10.4. The molecular formula is C10H13O3P. The topological polar surface area (TPSA) is 35.5 Å². The number of fused-ring (bicyclic) bond motifs is 2. The summed E-state index contributed by atoms with van der Waals surface area (Å²) >= 11 is 0. The van der Waals surface area contributed by atoms with Crippen LogP contribution in [0.1, 0.15) is 19.8 Å². The quantitative estimate of drug-likeness (QED) is 0.408. The molecule has 3 nitrogen and oxygen atoms in total. The Bertz CT molecular complexity index is 296. The summed E-state index contributed by atoms with van der Waals surface area (Å²) in [6, 6.07) is 0. The van der Waals surface area contributed by atoms with E-state index in [2.05, 4.69) is 12.2 Å². The zero-order valence-corrected chi connectivity index (χ0v) is 9.00. The van der Waals surface area contributed by atoms with Gasteiger partial charge in [-0.15, -0.1) is 0 Å². The summed E-state index contributed by atoms with van der Waals surface area (Å²) < 4.78 is 20.7. The molecule has 2 aliphatic carbocycles. The van der Waals surface area contributed by atoms with Crippen molar-refractivity contribution in [1.29, 1.82) is 0 Å². The highest BCUT2D eigenvalue weighted by atomic mass is 31.1. The minimum Gasteiger partial charge on any atom is -0.465 e. The Morgan fingerprint density at radius 2 is 2.50 bits per heavy atom. The van der Waals surface area contributed by atoms with Gasteiger partial charge in [-0.2, -0.15) is 0 Å². The van der Waals surface area contributed by atoms with Crippen molar-refractivity contribution in [3.63, 3.8) is 0 Å². The van der Waals surface area contributed by atoms with E-state index in [1.165, 1.54) is 5.57 Å². The van der Waals surface area contributed by atoms with Gasteiger partial charge in [-0.1, -0.05) is 12.2 Å². The second-order valence-electron chi connectivity index (χ2n) is 3.60. The number of hydrogen-bond acceptors (Lipinski definition) is 3. The summed E-state index contributed by atoms with van der Waals surface area (Å²) in [6.45, 7) is 2.45. The first-order valence-corrected chi connectivity index (χ1v) is 5.62. The highest BCUT2D eigenvalue weighted by molar-refractivity contribution is 7.17. The lowest BCUT2D eigenvalue weighted by Gasteiger charge is -2.13. The van der Waals surface area contributed by atoms with Crippen molar-refractivity contribution in [2.24, 2.45) is 11.8 Å². The van der Waals surface area contributed by atoms with Crippen LogP contribution in [0.15, 0.2) is 23.7 Å². The van der Waals surface area contributed by atoms with Crippen molar-refractivity contribution in [2.45, 2.75) is 19.8 Å². The summed E-state index contributed by atoms with van der Waals surface area (Å²) in [6.07, 6.45) is 6.58. The van der Waals surface area contributed by atoms with E-state index >= 15 is 0 Å². The first kappa shape index (κ1) is 9.72. The molecule has 14 heavy (non-hydrogen) atoms. The lowest BCUT2D eigenvalue weighted by molar-refractivity contribution is 0.117. The summed E-state index contributed by atoms with van der Waals surface area (Å²) in [5.41, 5.74) is 1.17. The van der Waals surface area contributed by atoms with Crippen LogP contribution in [0.5, 0.6) is 0 Å². The van der Waals surface area contributed by atoms with E-state index in [0.717, 1.165) is 12.8 Å². The van der Waals surface area contributed by atoms with Crippen LogP contribution < -0.4 is 0 Å². The van der Waals surface area contributed by atoms with Gasteiger partial charge < -0.3 is 9.26 Å². The van der Waals surface area contributed by atoms with Gasteiger partial charge in [0.15, 0.2) is 0 Å². The lowest BCUT2D eigenvalue weighted by Crippen LogP contribution is -2.02. The monoisotopic (exact) mass is 212 g/mol. The number of hydrogen-bond donors (Lipinski definition) is 0. The van der Waals surface area contributed by atoms with E-state index in [0.29, 0.717) is 24.4 Å². The molecule has 2 bridgehead atoms. The average molecular weight is 212 g/mol. The van der Waals surface area contributed by atoms with Gasteiger partial charge in [-0.25, -0.2) is 4.57 Å². The van der Waals surface area contributed by atoms with Crippen molar-refractivity contribution in [2.75, 3.05) is 6.61 Å². The molecule has 0 spiro atoms. The largest absolute Gasteiger partial charge is 0.465 e. The fourth-order valence-electron chi connectivity index (χ4n) is 2.20. The van der Waals surface area contributed by atoms with Crippen molar-refractivity contribution < 1.29 is 13.8 Å². The molecule has 2 atom stereocenters. The standard InChI is InChI=1S/C10H13O3P/c1-2-12-10(13-14-11)9-6-7-3-4-8(9)5-7/h3-4,7-8H,2,5-6H2,1H3/b10-9+. The normalized spacial score (nSPS) is 32.4. The number of allylic oxidation sites excluding steroid dienone is 3. The molecule has 4 heteroatoms. The molecule has 0 aromatic heterocycles. The second-order valence-corrected chi connectivity index (χ2v) is 3.93. The van der Waals surface area contributed by atoms with Crippen LogP contribution in [0.4, 0.5) is 0 Å². The molecule has 1 fully saturated rings. The Morgan fingerprint density at radius 1 is 1.64 bits per heavy atom. The van der Waals surface area contributed by atoms with E-state index in [1.807, 2.05) is 6.92 Å². The first-order chi connectivity index (χ1) is 6.85. The van der Waals surface area contributed by atoms with E-state index in [4.69, 9.17) is 9.26 Å². The average Bonchev–Trinajstić information content (AvgIpc) is 2.78. The molecular weight excluding hydrogens is 199 g/mol. The summed E-state index contributed by atoms with van der Waals surface area (Å²) in [4.78, 5) is 0. The van der Waals surface area contributed by atoms with Gasteiger partial charge in [0, 0.05) is 11.5 Å². The zero-order chi connectivity index (χ0) is 9.97. The van der Waals surface area contributed by atoms with E-state index < -0.39 is 0 Å². The van der Waals surface area contributed by atoms with Crippen molar-refractivity contribution in [1.82, 2.24) is 0 Å². The fraction of sp³-hybridized carbons (Fsp3) is 0.600. The molecule has 76 valence electrons. The van der Waals surface area contributed by atoms with E-state index in [-0.39, 0.29) is 8.69 Å². The van der Waals surface area contributed by atoms with Crippen LogP contribution >= 0.6 is 8.69 Å². The van der Waals surface area contributed by atoms with Crippen LogP contribution in [0.2, 0.25) is 0 Å². The van der Waals surface area contributed by atoms with Crippen molar-refractivity contribution in [3.05, 3.63) is 23.7 Å². The Kier molecular flexibility index (Phi) is 2.87. The summed E-state index contributed by atoms with van der Waals surface area (Å²) in [5.74, 6) is 1.56. The molecule has 0 aliphatic heterocycles. The van der Waals surface area contributed by atoms with Gasteiger partial charge in [0.25, 0.3) is 5.95 Å². The first-order valence-electron chi connectivity index (χ1n) is 4.89. The smallest absolute Gasteiger partial charge is 0.398 e. The molecule has 0 radical (unpaired) electrons. The Balaban J connectivity index is 2.18. The SMILES string of the molecule is CCO/C(OP=O)=C1/CC2C=CC1C2. The summed E-state index contributed by atoms with van der Waals surface area (Å²) in [7, 11) is -0.335. The lowest BCUT2D eigenvalue weighted by atomic mass is 10.0. The van der Waals surface area contributed by atoms with Gasteiger partial charge in [-0.05, 0) is 25.7 Å². The Labute approximate surface area is 85.1 Å². The van der Waals surface area contributed by atoms with Gasteiger partial charge in [0.2, 0.25) is 0 Å². The predicted molar refractivity (Wildman–Crippen MR) is 52.7 cm³/mol. The molecule has 0 amide bonds. The second kappa shape index (κ2) is 4.14.